The van der Waals surface area contributed by atoms with Crippen molar-refractivity contribution in [1.29, 1.82) is 0 Å². The molecule has 2 aliphatic rings. The maximum atomic E-state index is 11.8. The van der Waals surface area contributed by atoms with Crippen molar-refractivity contribution >= 4 is 23.7 Å². The summed E-state index contributed by atoms with van der Waals surface area (Å²) in [5, 5.41) is 0. The first-order valence-corrected chi connectivity index (χ1v) is 10.6. The molecule has 0 saturated heterocycles. The zero-order valence-electron chi connectivity index (χ0n) is 18.4. The van der Waals surface area contributed by atoms with Crippen LogP contribution in [0.15, 0.2) is 107 Å². The Labute approximate surface area is 204 Å². The van der Waals surface area contributed by atoms with Crippen LogP contribution in [0, 0.1) is 0 Å². The summed E-state index contributed by atoms with van der Waals surface area (Å²) in [5.41, 5.74) is 5.26. The number of ether oxygens (including phenoxy) is 2. The van der Waals surface area contributed by atoms with Gasteiger partial charge in [-0.25, -0.2) is 9.69 Å². The number of esters is 1. The summed E-state index contributed by atoms with van der Waals surface area (Å²) in [7, 11) is 1.37. The molecule has 0 radical (unpaired) electrons. The van der Waals surface area contributed by atoms with Gasteiger partial charge < -0.3 is 21.9 Å². The van der Waals surface area contributed by atoms with E-state index < -0.39 is 0 Å². The molecule has 0 fully saturated rings. The van der Waals surface area contributed by atoms with E-state index in [0.717, 1.165) is 44.6 Å². The molecule has 34 heavy (non-hydrogen) atoms. The van der Waals surface area contributed by atoms with Gasteiger partial charge in [0.2, 0.25) is 5.84 Å². The number of quaternary nitrogens is 1. The molecule has 1 N–H and O–H groups in total. The van der Waals surface area contributed by atoms with Crippen molar-refractivity contribution in [2.45, 2.75) is 6.61 Å². The largest absolute Gasteiger partial charge is 1.00 e. The van der Waals surface area contributed by atoms with Crippen LogP contribution in [0.1, 0.15) is 27.0 Å². The number of amidine groups is 1. The Balaban J connectivity index is 0.00000274. The van der Waals surface area contributed by atoms with E-state index in [4.69, 9.17) is 14.5 Å². The zero-order valence-corrected chi connectivity index (χ0v) is 19.2. The minimum absolute atomic E-state index is 0. The quantitative estimate of drug-likeness (QED) is 0.536. The molecule has 6 nitrogen and oxygen atoms in total. The Kier molecular flexibility index (Phi) is 7.01. The summed E-state index contributed by atoms with van der Waals surface area (Å²) >= 11 is 0. The van der Waals surface area contributed by atoms with E-state index in [1.165, 1.54) is 7.11 Å². The number of halogens is 1. The van der Waals surface area contributed by atoms with E-state index in [2.05, 4.69) is 4.99 Å². The zero-order chi connectivity index (χ0) is 22.6. The normalized spacial score (nSPS) is 15.9. The van der Waals surface area contributed by atoms with Crippen molar-refractivity contribution in [2.24, 2.45) is 9.98 Å². The molecule has 2 aliphatic heterocycles. The number of hydrogen-bond acceptors (Lipinski definition) is 5. The molecule has 2 heterocycles. The fourth-order valence-electron chi connectivity index (χ4n) is 3.82. The van der Waals surface area contributed by atoms with Crippen molar-refractivity contribution in [2.75, 3.05) is 7.11 Å². The van der Waals surface area contributed by atoms with Gasteiger partial charge in [-0.1, -0.05) is 48.5 Å². The molecule has 0 aromatic heterocycles. The van der Waals surface area contributed by atoms with Crippen molar-refractivity contribution < 1.29 is 31.6 Å². The topological polar surface area (TPSA) is 64.7 Å². The first-order chi connectivity index (χ1) is 16.2. The van der Waals surface area contributed by atoms with Crippen LogP contribution in [-0.2, 0) is 11.3 Å². The average Bonchev–Trinajstić information content (AvgIpc) is 3.28. The Morgan fingerprint density at radius 3 is 2.50 bits per heavy atom. The monoisotopic (exact) mass is 471 g/mol. The summed E-state index contributed by atoms with van der Waals surface area (Å²) < 4.78 is 10.8. The van der Waals surface area contributed by atoms with Gasteiger partial charge in [-0.05, 0) is 35.9 Å². The van der Waals surface area contributed by atoms with Crippen LogP contribution >= 0.6 is 0 Å². The van der Waals surface area contributed by atoms with Gasteiger partial charge in [0.05, 0.1) is 30.7 Å². The van der Waals surface area contributed by atoms with Gasteiger partial charge in [0.1, 0.15) is 24.3 Å². The lowest BCUT2D eigenvalue weighted by atomic mass is 10.1. The number of rotatable bonds is 6. The lowest BCUT2D eigenvalue weighted by Gasteiger charge is -2.14. The Hall–Kier alpha value is -4.00. The Morgan fingerprint density at radius 1 is 0.941 bits per heavy atom. The van der Waals surface area contributed by atoms with Crippen LogP contribution in [0.5, 0.6) is 5.75 Å². The lowest BCUT2D eigenvalue weighted by Crippen LogP contribution is -3.08. The second-order valence-corrected chi connectivity index (χ2v) is 7.60. The van der Waals surface area contributed by atoms with Crippen LogP contribution in [0.4, 0.5) is 0 Å². The van der Waals surface area contributed by atoms with Crippen molar-refractivity contribution in [1.82, 2.24) is 0 Å². The molecule has 0 saturated carbocycles. The van der Waals surface area contributed by atoms with E-state index in [-0.39, 0.29) is 18.4 Å². The van der Waals surface area contributed by atoms with Gasteiger partial charge >= 0.3 is 5.97 Å². The minimum Gasteiger partial charge on any atom is -1.00 e. The first-order valence-electron chi connectivity index (χ1n) is 10.6. The molecular formula is C27H22ClN3O3. The highest BCUT2D eigenvalue weighted by molar-refractivity contribution is 6.05. The number of carbonyl (C=O) groups excluding carboxylic acids is 1. The van der Waals surface area contributed by atoms with E-state index in [0.29, 0.717) is 12.2 Å². The Bertz CT molecular complexity index is 1310. The van der Waals surface area contributed by atoms with Gasteiger partial charge in [-0.15, -0.1) is 0 Å². The summed E-state index contributed by atoms with van der Waals surface area (Å²) in [6.45, 7) is 0.501. The number of carbonyl (C=O) groups is 1. The smallest absolute Gasteiger partial charge is 0.337 e. The van der Waals surface area contributed by atoms with Crippen molar-refractivity contribution in [3.8, 4) is 5.75 Å². The first kappa shape index (κ1) is 23.2. The molecule has 0 bridgehead atoms. The number of hydrogen-bond donors (Lipinski definition) is 1. The van der Waals surface area contributed by atoms with E-state index in [9.17, 15) is 4.79 Å². The fraction of sp³-hybridized carbons (Fsp3) is 0.0741. The molecule has 1 unspecified atom stereocenters. The van der Waals surface area contributed by atoms with Gasteiger partial charge in [-0.3, -0.25) is 4.99 Å². The summed E-state index contributed by atoms with van der Waals surface area (Å²) in [6.07, 6.45) is 5.57. The van der Waals surface area contributed by atoms with Crippen LogP contribution < -0.4 is 22.0 Å². The van der Waals surface area contributed by atoms with Gasteiger partial charge in [0.15, 0.2) is 5.70 Å². The van der Waals surface area contributed by atoms with E-state index in [1.54, 1.807) is 18.3 Å². The number of methoxy groups -OCH3 is 1. The number of nitrogens with one attached hydrogen (secondary N) is 1. The maximum Gasteiger partial charge on any atom is 0.337 e. The molecule has 0 spiro atoms. The number of benzene rings is 3. The molecule has 170 valence electrons. The second kappa shape index (κ2) is 10.3. The highest BCUT2D eigenvalue weighted by Crippen LogP contribution is 2.25. The molecule has 5 rings (SSSR count). The average molecular weight is 472 g/mol. The molecule has 1 atom stereocenters. The third-order valence-corrected chi connectivity index (χ3v) is 5.49. The summed E-state index contributed by atoms with van der Waals surface area (Å²) in [6, 6.07) is 25.3. The Morgan fingerprint density at radius 2 is 1.74 bits per heavy atom. The maximum absolute atomic E-state index is 11.8. The van der Waals surface area contributed by atoms with Gasteiger partial charge in [-0.2, -0.15) is 4.99 Å². The standard InChI is InChI=1S/C27H21N3O3.ClH/c1-32-27(31)21-12-10-20(11-13-21)25-24-17-28-14-15-30(24)26(29-25)22-8-5-9-23(16-22)33-18-19-6-3-2-4-7-19;/h2-17H,18H2,1H3;1H. The number of aliphatic imine (C=N–C) groups is 2. The molecule has 7 heteroatoms. The van der Waals surface area contributed by atoms with Gasteiger partial charge in [0, 0.05) is 5.56 Å². The van der Waals surface area contributed by atoms with E-state index >= 15 is 0 Å². The SMILES string of the molecule is COC(=O)c1ccc(C2=C3C=NC=C[NH+]3C(c3cccc(OCc4ccccc4)c3)=N2)cc1.[Cl-]. The molecule has 0 aliphatic carbocycles. The number of allylic oxidation sites excluding steroid dienone is 1. The highest BCUT2D eigenvalue weighted by Gasteiger charge is 2.33. The lowest BCUT2D eigenvalue weighted by molar-refractivity contribution is -0.688. The van der Waals surface area contributed by atoms with Crippen LogP contribution in [0.25, 0.3) is 5.70 Å². The molecular weight excluding hydrogens is 450 g/mol. The minimum atomic E-state index is -0.364. The number of nitrogens with zero attached hydrogens (tertiary/aromatic N) is 2. The van der Waals surface area contributed by atoms with Crippen LogP contribution in [0.2, 0.25) is 0 Å². The summed E-state index contributed by atoms with van der Waals surface area (Å²) in [5.74, 6) is 1.28. The molecule has 0 amide bonds. The fourth-order valence-corrected chi connectivity index (χ4v) is 3.82. The highest BCUT2D eigenvalue weighted by atomic mass is 35.5. The van der Waals surface area contributed by atoms with Crippen LogP contribution in [0.3, 0.4) is 0 Å². The predicted molar refractivity (Wildman–Crippen MR) is 127 cm³/mol. The molecule has 3 aromatic rings. The third kappa shape index (κ3) is 4.69. The summed E-state index contributed by atoms with van der Waals surface area (Å²) in [4.78, 5) is 22.1. The third-order valence-electron chi connectivity index (χ3n) is 5.49. The van der Waals surface area contributed by atoms with Crippen molar-refractivity contribution in [3.05, 3.63) is 119 Å². The second-order valence-electron chi connectivity index (χ2n) is 7.60. The predicted octanol–water partition coefficient (Wildman–Crippen LogP) is 0.626. The van der Waals surface area contributed by atoms with Gasteiger partial charge in [0.25, 0.3) is 0 Å². The molecule has 3 aromatic carbocycles. The number of fused-ring (bicyclic) bond motifs is 1. The van der Waals surface area contributed by atoms with Crippen molar-refractivity contribution in [3.63, 3.8) is 0 Å². The van der Waals surface area contributed by atoms with Crippen LogP contribution in [-0.4, -0.2) is 25.1 Å². The van der Waals surface area contributed by atoms with E-state index in [1.807, 2.05) is 79.1 Å².